The Bertz CT molecular complexity index is 531. The number of carbonyl (C=O) groups is 2. The molecule has 0 radical (unpaired) electrons. The van der Waals surface area contributed by atoms with Gasteiger partial charge in [-0.05, 0) is 12.8 Å². The minimum atomic E-state index is -0.581. The molecular weight excluding hydrogens is 274 g/mol. The highest BCUT2D eigenvalue weighted by molar-refractivity contribution is 7.19. The van der Waals surface area contributed by atoms with Gasteiger partial charge in [0.05, 0.1) is 16.1 Å². The smallest absolute Gasteiger partial charge is 0.253 e. The molecule has 1 aromatic rings. The number of anilines is 2. The van der Waals surface area contributed by atoms with Gasteiger partial charge in [-0.2, -0.15) is 0 Å². The number of nitrogens with two attached hydrogens (primary N) is 2. The summed E-state index contributed by atoms with van der Waals surface area (Å²) in [5, 5.41) is 3.98. The van der Waals surface area contributed by atoms with Gasteiger partial charge in [-0.3, -0.25) is 9.59 Å². The lowest BCUT2D eigenvalue weighted by atomic mass is 10.1. The molecule has 5 nitrogen and oxygen atoms in total. The Kier molecular flexibility index (Phi) is 4.32. The number of carbonyl (C=O) groups excluding carboxylic acids is 2. The highest BCUT2D eigenvalue weighted by Crippen LogP contribution is 2.38. The molecule has 1 saturated carbocycles. The summed E-state index contributed by atoms with van der Waals surface area (Å²) >= 11 is 1.25. The molecule has 0 unspecified atom stereocenters. The lowest BCUT2D eigenvalue weighted by Gasteiger charge is -2.12. The van der Waals surface area contributed by atoms with Crippen molar-refractivity contribution in [3.05, 3.63) is 10.4 Å². The maximum Gasteiger partial charge on any atom is 0.253 e. The molecule has 1 heterocycles. The molecule has 1 amide bonds. The van der Waals surface area contributed by atoms with Crippen LogP contribution in [0.15, 0.2) is 0 Å². The second-order valence-corrected chi connectivity index (χ2v) is 6.58. The minimum Gasteiger partial charge on any atom is -0.397 e. The van der Waals surface area contributed by atoms with Crippen LogP contribution in [0.1, 0.15) is 59.6 Å². The van der Waals surface area contributed by atoms with E-state index in [1.165, 1.54) is 24.2 Å². The van der Waals surface area contributed by atoms with E-state index in [0.29, 0.717) is 15.9 Å². The Morgan fingerprint density at radius 3 is 2.40 bits per heavy atom. The van der Waals surface area contributed by atoms with Crippen molar-refractivity contribution in [2.45, 2.75) is 45.6 Å². The number of nitrogen functional groups attached to an aromatic ring is 1. The number of nitrogens with one attached hydrogen (secondary N) is 1. The standard InChI is InChI=1S/C14H21N3O2S/c1-7(2)11(18)12-10(15)9(13(16)19)14(20-12)17-8-5-3-4-6-8/h7-8,17H,3-6,15H2,1-2H3,(H2,16,19). The molecular formula is C14H21N3O2S. The van der Waals surface area contributed by atoms with Gasteiger partial charge in [0.15, 0.2) is 5.78 Å². The number of ketones is 1. The second kappa shape index (κ2) is 5.83. The van der Waals surface area contributed by atoms with Gasteiger partial charge in [-0.25, -0.2) is 0 Å². The Morgan fingerprint density at radius 2 is 1.90 bits per heavy atom. The van der Waals surface area contributed by atoms with Crippen LogP contribution in [0.3, 0.4) is 0 Å². The van der Waals surface area contributed by atoms with Crippen molar-refractivity contribution in [2.24, 2.45) is 11.7 Å². The first kappa shape index (κ1) is 14.8. The lowest BCUT2D eigenvalue weighted by molar-refractivity contribution is 0.0944. The molecule has 110 valence electrons. The Labute approximate surface area is 122 Å². The molecule has 0 saturated heterocycles. The van der Waals surface area contributed by atoms with Crippen LogP contribution in [0.25, 0.3) is 0 Å². The molecule has 0 aliphatic heterocycles. The first-order chi connectivity index (χ1) is 9.41. The predicted octanol–water partition coefficient (Wildman–Crippen LogP) is 2.62. The molecule has 5 N–H and O–H groups in total. The predicted molar refractivity (Wildman–Crippen MR) is 82.3 cm³/mol. The number of Topliss-reactive ketones (excluding diaryl/α,β-unsaturated/α-hetero) is 1. The number of hydrogen-bond acceptors (Lipinski definition) is 5. The lowest BCUT2D eigenvalue weighted by Crippen LogP contribution is -2.19. The summed E-state index contributed by atoms with van der Waals surface area (Å²) < 4.78 is 0. The maximum atomic E-state index is 12.1. The normalized spacial score (nSPS) is 15.8. The van der Waals surface area contributed by atoms with E-state index in [0.717, 1.165) is 12.8 Å². The minimum absolute atomic E-state index is 0.0468. The van der Waals surface area contributed by atoms with Gasteiger partial charge >= 0.3 is 0 Å². The molecule has 1 aliphatic rings. The van der Waals surface area contributed by atoms with Crippen molar-refractivity contribution >= 4 is 33.7 Å². The summed E-state index contributed by atoms with van der Waals surface area (Å²) in [6.07, 6.45) is 4.51. The van der Waals surface area contributed by atoms with Gasteiger partial charge in [0, 0.05) is 12.0 Å². The molecule has 6 heteroatoms. The van der Waals surface area contributed by atoms with Crippen molar-refractivity contribution < 1.29 is 9.59 Å². The van der Waals surface area contributed by atoms with Gasteiger partial charge in [0.25, 0.3) is 5.91 Å². The largest absolute Gasteiger partial charge is 0.397 e. The van der Waals surface area contributed by atoms with E-state index in [-0.39, 0.29) is 23.0 Å². The fourth-order valence-corrected chi connectivity index (χ4v) is 3.78. The summed E-state index contributed by atoms with van der Waals surface area (Å²) in [6, 6.07) is 0.341. The molecule has 2 rings (SSSR count). The van der Waals surface area contributed by atoms with Crippen molar-refractivity contribution in [3.8, 4) is 0 Å². The van der Waals surface area contributed by atoms with Crippen LogP contribution in [-0.2, 0) is 0 Å². The summed E-state index contributed by atoms with van der Waals surface area (Å²) in [5.41, 5.74) is 11.9. The SMILES string of the molecule is CC(C)C(=O)c1sc(NC2CCCC2)c(C(N)=O)c1N. The zero-order valence-corrected chi connectivity index (χ0v) is 12.7. The first-order valence-electron chi connectivity index (χ1n) is 6.94. The van der Waals surface area contributed by atoms with Gasteiger partial charge in [0.2, 0.25) is 0 Å². The first-order valence-corrected chi connectivity index (χ1v) is 7.76. The van der Waals surface area contributed by atoms with Crippen LogP contribution in [-0.4, -0.2) is 17.7 Å². The van der Waals surface area contributed by atoms with E-state index >= 15 is 0 Å². The molecule has 0 spiro atoms. The van der Waals surface area contributed by atoms with E-state index in [4.69, 9.17) is 11.5 Å². The second-order valence-electron chi connectivity index (χ2n) is 5.56. The third kappa shape index (κ3) is 2.80. The highest BCUT2D eigenvalue weighted by atomic mass is 32.1. The van der Waals surface area contributed by atoms with E-state index in [1.807, 2.05) is 13.8 Å². The van der Waals surface area contributed by atoms with Crippen molar-refractivity contribution in [2.75, 3.05) is 11.1 Å². The number of thiophene rings is 1. The number of amides is 1. The quantitative estimate of drug-likeness (QED) is 0.727. The fourth-order valence-electron chi connectivity index (χ4n) is 2.49. The van der Waals surface area contributed by atoms with E-state index in [1.54, 1.807) is 0 Å². The van der Waals surface area contributed by atoms with Gasteiger partial charge < -0.3 is 16.8 Å². The number of hydrogen-bond donors (Lipinski definition) is 3. The van der Waals surface area contributed by atoms with E-state index in [9.17, 15) is 9.59 Å². The monoisotopic (exact) mass is 295 g/mol. The van der Waals surface area contributed by atoms with Gasteiger partial charge in [-0.15, -0.1) is 11.3 Å². The molecule has 1 aliphatic carbocycles. The molecule has 1 aromatic heterocycles. The third-order valence-electron chi connectivity index (χ3n) is 3.63. The summed E-state index contributed by atoms with van der Waals surface area (Å²) in [5.74, 6) is -0.785. The molecule has 1 fully saturated rings. The zero-order chi connectivity index (χ0) is 14.9. The van der Waals surface area contributed by atoms with Crippen molar-refractivity contribution in [3.63, 3.8) is 0 Å². The number of rotatable bonds is 5. The zero-order valence-electron chi connectivity index (χ0n) is 11.9. The molecule has 20 heavy (non-hydrogen) atoms. The average Bonchev–Trinajstić information content (AvgIpc) is 2.96. The average molecular weight is 295 g/mol. The molecule has 0 atom stereocenters. The summed E-state index contributed by atoms with van der Waals surface area (Å²) in [4.78, 5) is 24.2. The van der Waals surface area contributed by atoms with Crippen LogP contribution in [0, 0.1) is 5.92 Å². The molecule has 0 bridgehead atoms. The summed E-state index contributed by atoms with van der Waals surface area (Å²) in [7, 11) is 0. The Hall–Kier alpha value is -1.56. The van der Waals surface area contributed by atoms with Crippen molar-refractivity contribution in [1.82, 2.24) is 0 Å². The fraction of sp³-hybridized carbons (Fsp3) is 0.571. The number of primary amides is 1. The maximum absolute atomic E-state index is 12.1. The van der Waals surface area contributed by atoms with Crippen LogP contribution in [0.2, 0.25) is 0 Å². The highest BCUT2D eigenvalue weighted by Gasteiger charge is 2.27. The van der Waals surface area contributed by atoms with E-state index in [2.05, 4.69) is 5.32 Å². The molecule has 0 aromatic carbocycles. The van der Waals surface area contributed by atoms with E-state index < -0.39 is 5.91 Å². The van der Waals surface area contributed by atoms with Gasteiger partial charge in [0.1, 0.15) is 5.00 Å². The van der Waals surface area contributed by atoms with Gasteiger partial charge in [-0.1, -0.05) is 26.7 Å². The Morgan fingerprint density at radius 1 is 1.30 bits per heavy atom. The van der Waals surface area contributed by atoms with Crippen molar-refractivity contribution in [1.29, 1.82) is 0 Å². The summed E-state index contributed by atoms with van der Waals surface area (Å²) in [6.45, 7) is 3.63. The Balaban J connectivity index is 2.36. The van der Waals surface area contributed by atoms with Crippen LogP contribution >= 0.6 is 11.3 Å². The van der Waals surface area contributed by atoms with Crippen LogP contribution in [0.4, 0.5) is 10.7 Å². The topological polar surface area (TPSA) is 98.2 Å². The van der Waals surface area contributed by atoms with Crippen LogP contribution in [0.5, 0.6) is 0 Å². The third-order valence-corrected chi connectivity index (χ3v) is 4.78. The van der Waals surface area contributed by atoms with Crippen LogP contribution < -0.4 is 16.8 Å².